The fraction of sp³-hybridized carbons (Fsp3) is 0.0500. The van der Waals surface area contributed by atoms with Crippen LogP contribution in [0, 0.1) is 22.7 Å². The molecule has 1 aromatic heterocycles. The van der Waals surface area contributed by atoms with Crippen molar-refractivity contribution in [3.05, 3.63) is 87.7 Å². The third kappa shape index (κ3) is 2.87. The summed E-state index contributed by atoms with van der Waals surface area (Å²) in [4.78, 5) is 12.8. The average Bonchev–Trinajstić information content (AvgIpc) is 2.66. The Balaban J connectivity index is 2.30. The zero-order valence-corrected chi connectivity index (χ0v) is 13.3. The van der Waals surface area contributed by atoms with Crippen LogP contribution in [0.5, 0.6) is 0 Å². The summed E-state index contributed by atoms with van der Waals surface area (Å²) in [5.41, 5.74) is 7.46. The summed E-state index contributed by atoms with van der Waals surface area (Å²) in [5.74, 6) is 0.0641. The molecule has 0 aliphatic carbocycles. The van der Waals surface area contributed by atoms with E-state index in [1.165, 1.54) is 4.57 Å². The first-order valence-electron chi connectivity index (χ1n) is 7.63. The third-order valence-corrected chi connectivity index (χ3v) is 3.98. The van der Waals surface area contributed by atoms with Crippen LogP contribution in [0.3, 0.4) is 0 Å². The molecule has 0 radical (unpaired) electrons. The van der Waals surface area contributed by atoms with E-state index in [2.05, 4.69) is 6.07 Å². The second-order valence-corrected chi connectivity index (χ2v) is 5.48. The maximum absolute atomic E-state index is 12.8. The van der Waals surface area contributed by atoms with Gasteiger partial charge in [-0.3, -0.25) is 9.36 Å². The van der Waals surface area contributed by atoms with Crippen molar-refractivity contribution in [3.8, 4) is 23.3 Å². The summed E-state index contributed by atoms with van der Waals surface area (Å²) in [6.45, 7) is 0.198. The van der Waals surface area contributed by atoms with Gasteiger partial charge in [-0.2, -0.15) is 10.5 Å². The highest BCUT2D eigenvalue weighted by Crippen LogP contribution is 2.29. The molecule has 5 heteroatoms. The predicted octanol–water partition coefficient (Wildman–Crippen LogP) is 2.89. The van der Waals surface area contributed by atoms with E-state index in [0.29, 0.717) is 5.56 Å². The second kappa shape index (κ2) is 6.74. The largest absolute Gasteiger partial charge is 0.384 e. The lowest BCUT2D eigenvalue weighted by Gasteiger charge is -2.15. The zero-order chi connectivity index (χ0) is 17.8. The second-order valence-electron chi connectivity index (χ2n) is 5.48. The molecule has 0 unspecified atom stereocenters. The Bertz CT molecular complexity index is 1060. The molecule has 0 saturated carbocycles. The smallest absolute Gasteiger partial charge is 0.271 e. The van der Waals surface area contributed by atoms with Crippen molar-refractivity contribution in [2.24, 2.45) is 0 Å². The number of pyridine rings is 1. The topological polar surface area (TPSA) is 95.6 Å². The van der Waals surface area contributed by atoms with Crippen molar-refractivity contribution in [2.45, 2.75) is 6.54 Å². The minimum absolute atomic E-state index is 0.0641. The molecule has 5 nitrogen and oxygen atoms in total. The molecule has 3 aromatic rings. The Hall–Kier alpha value is -3.83. The van der Waals surface area contributed by atoms with Crippen LogP contribution in [0.4, 0.5) is 5.82 Å². The number of aromatic nitrogens is 1. The van der Waals surface area contributed by atoms with Gasteiger partial charge in [0, 0.05) is 5.56 Å². The minimum Gasteiger partial charge on any atom is -0.384 e. The highest BCUT2D eigenvalue weighted by Gasteiger charge is 2.21. The van der Waals surface area contributed by atoms with Crippen molar-refractivity contribution in [1.29, 1.82) is 10.5 Å². The molecule has 0 saturated heterocycles. The van der Waals surface area contributed by atoms with Crippen molar-refractivity contribution in [3.63, 3.8) is 0 Å². The summed E-state index contributed by atoms with van der Waals surface area (Å²) in [5, 5.41) is 19.2. The normalized spacial score (nSPS) is 10.0. The number of anilines is 1. The fourth-order valence-electron chi connectivity index (χ4n) is 2.77. The van der Waals surface area contributed by atoms with Gasteiger partial charge >= 0.3 is 0 Å². The average molecular weight is 326 g/mol. The van der Waals surface area contributed by atoms with Crippen LogP contribution < -0.4 is 11.3 Å². The molecule has 0 bridgehead atoms. The summed E-state index contributed by atoms with van der Waals surface area (Å²) >= 11 is 0. The Morgan fingerprint density at radius 3 is 2.00 bits per heavy atom. The van der Waals surface area contributed by atoms with Crippen LogP contribution in [0.15, 0.2) is 65.5 Å². The van der Waals surface area contributed by atoms with Gasteiger partial charge in [-0.15, -0.1) is 0 Å². The van der Waals surface area contributed by atoms with Crippen molar-refractivity contribution < 1.29 is 0 Å². The van der Waals surface area contributed by atoms with Gasteiger partial charge in [-0.1, -0.05) is 60.7 Å². The Morgan fingerprint density at radius 2 is 1.44 bits per heavy atom. The van der Waals surface area contributed by atoms with Gasteiger partial charge in [0.05, 0.1) is 6.54 Å². The summed E-state index contributed by atoms with van der Waals surface area (Å²) in [7, 11) is 0. The first-order chi connectivity index (χ1) is 12.2. The predicted molar refractivity (Wildman–Crippen MR) is 95.5 cm³/mol. The van der Waals surface area contributed by atoms with Gasteiger partial charge in [0.1, 0.15) is 29.1 Å². The van der Waals surface area contributed by atoms with Crippen LogP contribution in [-0.2, 0) is 6.54 Å². The molecule has 0 spiro atoms. The van der Waals surface area contributed by atoms with E-state index in [1.807, 2.05) is 42.5 Å². The molecule has 2 N–H and O–H groups in total. The fourth-order valence-corrected chi connectivity index (χ4v) is 2.77. The van der Waals surface area contributed by atoms with Crippen LogP contribution in [0.1, 0.15) is 16.7 Å². The lowest BCUT2D eigenvalue weighted by atomic mass is 9.96. The van der Waals surface area contributed by atoms with E-state index in [4.69, 9.17) is 5.73 Å². The molecular weight excluding hydrogens is 312 g/mol. The minimum atomic E-state index is -0.498. The Morgan fingerprint density at radius 1 is 0.880 bits per heavy atom. The molecule has 1 heterocycles. The number of nitrogens with two attached hydrogens (primary N) is 1. The van der Waals surface area contributed by atoms with Crippen LogP contribution in [0.25, 0.3) is 11.1 Å². The zero-order valence-electron chi connectivity index (χ0n) is 13.3. The molecule has 2 aromatic carbocycles. The van der Waals surface area contributed by atoms with Crippen molar-refractivity contribution in [2.75, 3.05) is 5.73 Å². The van der Waals surface area contributed by atoms with Crippen molar-refractivity contribution in [1.82, 2.24) is 4.57 Å². The van der Waals surface area contributed by atoms with Gasteiger partial charge < -0.3 is 5.73 Å². The first-order valence-corrected chi connectivity index (χ1v) is 7.63. The summed E-state index contributed by atoms with van der Waals surface area (Å²) < 4.78 is 1.28. The quantitative estimate of drug-likeness (QED) is 0.800. The number of hydrogen-bond donors (Lipinski definition) is 1. The maximum Gasteiger partial charge on any atom is 0.271 e. The molecular formula is C20H14N4O. The lowest BCUT2D eigenvalue weighted by Crippen LogP contribution is -2.28. The van der Waals surface area contributed by atoms with Crippen LogP contribution >= 0.6 is 0 Å². The molecule has 25 heavy (non-hydrogen) atoms. The van der Waals surface area contributed by atoms with E-state index < -0.39 is 5.56 Å². The van der Waals surface area contributed by atoms with Crippen molar-refractivity contribution >= 4 is 5.82 Å². The number of benzene rings is 2. The van der Waals surface area contributed by atoms with Gasteiger partial charge in [-0.25, -0.2) is 0 Å². The highest BCUT2D eigenvalue weighted by molar-refractivity contribution is 5.80. The standard InChI is InChI=1S/C20H14N4O/c21-11-16-18(15-9-5-2-6-10-15)17(12-22)20(25)24(19(16)23)13-14-7-3-1-4-8-14/h1-10H,13,23H2. The van der Waals surface area contributed by atoms with E-state index in [9.17, 15) is 15.3 Å². The van der Waals surface area contributed by atoms with E-state index in [-0.39, 0.29) is 29.1 Å². The molecule has 3 rings (SSSR count). The van der Waals surface area contributed by atoms with E-state index in [0.717, 1.165) is 5.56 Å². The van der Waals surface area contributed by atoms with Gasteiger partial charge in [-0.05, 0) is 11.1 Å². The van der Waals surface area contributed by atoms with E-state index in [1.54, 1.807) is 24.3 Å². The Kier molecular flexibility index (Phi) is 4.32. The number of nitrogens with zero attached hydrogens (tertiary/aromatic N) is 3. The van der Waals surface area contributed by atoms with Gasteiger partial charge in [0.15, 0.2) is 0 Å². The van der Waals surface area contributed by atoms with Crippen LogP contribution in [0.2, 0.25) is 0 Å². The summed E-state index contributed by atoms with van der Waals surface area (Å²) in [6, 6.07) is 22.2. The molecule has 0 amide bonds. The highest BCUT2D eigenvalue weighted by atomic mass is 16.1. The number of rotatable bonds is 3. The molecule has 120 valence electrons. The van der Waals surface area contributed by atoms with Gasteiger partial charge in [0.2, 0.25) is 0 Å². The third-order valence-electron chi connectivity index (χ3n) is 3.98. The molecule has 0 aliphatic heterocycles. The Labute approximate surface area is 144 Å². The molecule has 0 atom stereocenters. The molecule has 0 fully saturated rings. The number of hydrogen-bond acceptors (Lipinski definition) is 4. The monoisotopic (exact) mass is 326 g/mol. The maximum atomic E-state index is 12.8. The first kappa shape index (κ1) is 16.0. The SMILES string of the molecule is N#Cc1c(-c2ccccc2)c(C#N)c(=O)n(Cc2ccccc2)c1N. The summed E-state index contributed by atoms with van der Waals surface area (Å²) in [6.07, 6.45) is 0. The number of nitrogen functional groups attached to an aromatic ring is 1. The van der Waals surface area contributed by atoms with Crippen LogP contribution in [-0.4, -0.2) is 4.57 Å². The van der Waals surface area contributed by atoms with E-state index >= 15 is 0 Å². The molecule has 0 aliphatic rings. The lowest BCUT2D eigenvalue weighted by molar-refractivity contribution is 0.768. The number of nitriles is 2. The van der Waals surface area contributed by atoms with Gasteiger partial charge in [0.25, 0.3) is 5.56 Å².